The summed E-state index contributed by atoms with van der Waals surface area (Å²) in [7, 11) is 0. The van der Waals surface area contributed by atoms with Crippen LogP contribution in [0.1, 0.15) is 30.7 Å². The van der Waals surface area contributed by atoms with E-state index in [9.17, 15) is 19.5 Å². The summed E-state index contributed by atoms with van der Waals surface area (Å²) >= 11 is 3.88. The molecule has 0 bridgehead atoms. The van der Waals surface area contributed by atoms with E-state index >= 15 is 0 Å². The molecule has 0 spiro atoms. The number of nitrogens with zero attached hydrogens (tertiary/aromatic N) is 3. The van der Waals surface area contributed by atoms with Crippen LogP contribution in [0.15, 0.2) is 43.7 Å². The van der Waals surface area contributed by atoms with Gasteiger partial charge in [0.25, 0.3) is 11.1 Å². The molecule has 3 unspecified atom stereocenters. The standard InChI is InChI=1S/C21H24N4O7S3/c1-3-13-23-24-21(32-13)34-9-11-8-33-19-14(18(27)25(19)15(11)20(28)29)22-17(26)16(35-10-30-4-2)12-6-5-7-31-12/h5-7,14,16,19H,3-4,8-10H2,1-2H3,(H,22,26)(H,28,29). The zero-order valence-corrected chi connectivity index (χ0v) is 21.4. The molecule has 3 atom stereocenters. The minimum absolute atomic E-state index is 0.0553. The summed E-state index contributed by atoms with van der Waals surface area (Å²) in [6.45, 7) is 4.25. The summed E-state index contributed by atoms with van der Waals surface area (Å²) in [4.78, 5) is 39.3. The van der Waals surface area contributed by atoms with Gasteiger partial charge in [-0.15, -0.1) is 33.7 Å². The number of aromatic nitrogens is 2. The second-order valence-corrected chi connectivity index (χ2v) is 10.5. The topological polar surface area (TPSA) is 148 Å². The van der Waals surface area contributed by atoms with E-state index in [0.29, 0.717) is 47.0 Å². The van der Waals surface area contributed by atoms with E-state index in [-0.39, 0.29) is 11.6 Å². The van der Waals surface area contributed by atoms with Crippen LogP contribution in [0.4, 0.5) is 0 Å². The average Bonchev–Trinajstić information content (AvgIpc) is 3.55. The van der Waals surface area contributed by atoms with Gasteiger partial charge in [-0.3, -0.25) is 14.5 Å². The van der Waals surface area contributed by atoms with E-state index in [1.165, 1.54) is 46.4 Å². The fourth-order valence-electron chi connectivity index (χ4n) is 3.54. The van der Waals surface area contributed by atoms with Gasteiger partial charge < -0.3 is 24.0 Å². The largest absolute Gasteiger partial charge is 0.477 e. The molecule has 2 aliphatic heterocycles. The van der Waals surface area contributed by atoms with Crippen molar-refractivity contribution in [3.8, 4) is 0 Å². The SMILES string of the molecule is CCOCSC(C(=O)NC1C(=O)N2C(C(=O)O)=C(CSc3nnc(CC)o3)CSC12)c1ccco1. The fraction of sp³-hybridized carbons (Fsp3) is 0.476. The Kier molecular flexibility index (Phi) is 8.46. The smallest absolute Gasteiger partial charge is 0.352 e. The van der Waals surface area contributed by atoms with E-state index in [1.807, 2.05) is 13.8 Å². The predicted molar refractivity (Wildman–Crippen MR) is 130 cm³/mol. The van der Waals surface area contributed by atoms with Gasteiger partial charge in [-0.05, 0) is 24.6 Å². The van der Waals surface area contributed by atoms with Gasteiger partial charge in [0, 0.05) is 24.5 Å². The quantitative estimate of drug-likeness (QED) is 0.176. The number of aryl methyl sites for hydroxylation is 1. The molecule has 2 N–H and O–H groups in total. The van der Waals surface area contributed by atoms with Crippen molar-refractivity contribution >= 4 is 53.1 Å². The molecule has 2 aliphatic rings. The number of carboxylic acid groups (broad SMARTS) is 1. The molecule has 4 rings (SSSR count). The Morgan fingerprint density at radius 2 is 2.23 bits per heavy atom. The molecule has 4 heterocycles. The number of ether oxygens (including phenoxy) is 1. The Morgan fingerprint density at radius 1 is 1.40 bits per heavy atom. The van der Waals surface area contributed by atoms with Gasteiger partial charge >= 0.3 is 5.97 Å². The third-order valence-corrected chi connectivity index (χ3v) is 8.56. The summed E-state index contributed by atoms with van der Waals surface area (Å²) in [5.74, 6) is -0.128. The summed E-state index contributed by atoms with van der Waals surface area (Å²) in [6.07, 6.45) is 2.08. The summed E-state index contributed by atoms with van der Waals surface area (Å²) < 4.78 is 16.2. The summed E-state index contributed by atoms with van der Waals surface area (Å²) in [5, 5.41) is 19.6. The van der Waals surface area contributed by atoms with Crippen LogP contribution in [0.3, 0.4) is 0 Å². The lowest BCUT2D eigenvalue weighted by atomic mass is 10.0. The van der Waals surface area contributed by atoms with Crippen molar-refractivity contribution in [2.24, 2.45) is 0 Å². The number of hydrogen-bond donors (Lipinski definition) is 2. The van der Waals surface area contributed by atoms with Crippen molar-refractivity contribution in [2.75, 3.05) is 24.1 Å². The number of amides is 2. The lowest BCUT2D eigenvalue weighted by Crippen LogP contribution is -2.70. The number of carbonyl (C=O) groups is 3. The maximum absolute atomic E-state index is 13.0. The zero-order valence-electron chi connectivity index (χ0n) is 19.0. The average molecular weight is 541 g/mol. The highest BCUT2D eigenvalue weighted by Crippen LogP contribution is 2.42. The number of nitrogens with one attached hydrogen (secondary N) is 1. The number of rotatable bonds is 12. The number of carboxylic acids is 1. The van der Waals surface area contributed by atoms with Gasteiger partial charge in [0.2, 0.25) is 11.8 Å². The van der Waals surface area contributed by atoms with Crippen LogP contribution >= 0.6 is 35.3 Å². The highest BCUT2D eigenvalue weighted by Gasteiger charge is 2.54. The van der Waals surface area contributed by atoms with Crippen LogP contribution in [0.25, 0.3) is 0 Å². The first-order chi connectivity index (χ1) is 16.9. The predicted octanol–water partition coefficient (Wildman–Crippen LogP) is 2.52. The number of furan rings is 1. The number of aliphatic carboxylic acids is 1. The van der Waals surface area contributed by atoms with Crippen LogP contribution in [-0.4, -0.2) is 73.5 Å². The van der Waals surface area contributed by atoms with E-state index in [2.05, 4.69) is 15.5 Å². The summed E-state index contributed by atoms with van der Waals surface area (Å²) in [6, 6.07) is 2.55. The number of β-lactam (4-membered cyclic amide) rings is 1. The molecule has 14 heteroatoms. The van der Waals surface area contributed by atoms with Crippen LogP contribution in [0.2, 0.25) is 0 Å². The Morgan fingerprint density at radius 3 is 2.89 bits per heavy atom. The normalized spacial score (nSPS) is 20.4. The second-order valence-electron chi connectivity index (χ2n) is 7.43. The Balaban J connectivity index is 1.44. The van der Waals surface area contributed by atoms with Gasteiger partial charge in [0.1, 0.15) is 28.1 Å². The molecular formula is C21H24N4O7S3. The molecular weight excluding hydrogens is 516 g/mol. The highest BCUT2D eigenvalue weighted by molar-refractivity contribution is 8.01. The van der Waals surface area contributed by atoms with Gasteiger partial charge in [-0.25, -0.2) is 4.79 Å². The van der Waals surface area contributed by atoms with Crippen molar-refractivity contribution in [3.05, 3.63) is 41.3 Å². The summed E-state index contributed by atoms with van der Waals surface area (Å²) in [5.41, 5.74) is 0.527. The molecule has 2 amide bonds. The molecule has 0 aromatic carbocycles. The van der Waals surface area contributed by atoms with Gasteiger partial charge in [-0.1, -0.05) is 18.7 Å². The molecule has 188 valence electrons. The number of fused-ring (bicyclic) bond motifs is 1. The van der Waals surface area contributed by atoms with E-state index in [1.54, 1.807) is 12.1 Å². The minimum atomic E-state index is -1.19. The first kappa shape index (κ1) is 25.7. The van der Waals surface area contributed by atoms with Crippen molar-refractivity contribution in [1.29, 1.82) is 0 Å². The van der Waals surface area contributed by atoms with Crippen LogP contribution in [0, 0.1) is 0 Å². The number of hydrogen-bond acceptors (Lipinski definition) is 11. The van der Waals surface area contributed by atoms with Gasteiger partial charge in [0.15, 0.2) is 0 Å². The Labute approximate surface area is 213 Å². The molecule has 2 aromatic heterocycles. The first-order valence-electron chi connectivity index (χ1n) is 10.8. The molecule has 2 aromatic rings. The third kappa shape index (κ3) is 5.55. The van der Waals surface area contributed by atoms with Crippen molar-refractivity contribution in [2.45, 2.75) is 42.2 Å². The molecule has 1 fully saturated rings. The molecule has 0 aliphatic carbocycles. The van der Waals surface area contributed by atoms with E-state index < -0.39 is 34.4 Å². The van der Waals surface area contributed by atoms with Gasteiger partial charge in [0.05, 0.1) is 12.2 Å². The van der Waals surface area contributed by atoms with Crippen molar-refractivity contribution in [1.82, 2.24) is 20.4 Å². The Bertz CT molecular complexity index is 1100. The Hall–Kier alpha value is -2.42. The fourth-order valence-corrected chi connectivity index (χ4v) is 6.72. The molecule has 0 saturated carbocycles. The van der Waals surface area contributed by atoms with E-state index in [0.717, 1.165) is 0 Å². The highest BCUT2D eigenvalue weighted by atomic mass is 32.2. The lowest BCUT2D eigenvalue weighted by molar-refractivity contribution is -0.150. The number of carbonyl (C=O) groups excluding carboxylic acids is 2. The second kappa shape index (κ2) is 11.5. The maximum Gasteiger partial charge on any atom is 0.352 e. The van der Waals surface area contributed by atoms with Crippen molar-refractivity contribution in [3.63, 3.8) is 0 Å². The third-order valence-electron chi connectivity index (χ3n) is 5.23. The molecule has 0 radical (unpaired) electrons. The molecule has 35 heavy (non-hydrogen) atoms. The minimum Gasteiger partial charge on any atom is -0.477 e. The van der Waals surface area contributed by atoms with Crippen molar-refractivity contribution < 1.29 is 33.1 Å². The van der Waals surface area contributed by atoms with Crippen LogP contribution in [0.5, 0.6) is 0 Å². The molecule has 1 saturated heterocycles. The molecule has 11 nitrogen and oxygen atoms in total. The van der Waals surface area contributed by atoms with Crippen LogP contribution in [-0.2, 0) is 25.5 Å². The zero-order chi connectivity index (χ0) is 24.9. The number of thioether (sulfide) groups is 3. The maximum atomic E-state index is 13.0. The lowest BCUT2D eigenvalue weighted by Gasteiger charge is -2.49. The van der Waals surface area contributed by atoms with Gasteiger partial charge in [-0.2, -0.15) is 0 Å². The van der Waals surface area contributed by atoms with E-state index in [4.69, 9.17) is 13.6 Å². The first-order valence-corrected chi connectivity index (χ1v) is 13.9. The van der Waals surface area contributed by atoms with Crippen LogP contribution < -0.4 is 5.32 Å². The monoisotopic (exact) mass is 540 g/mol.